The van der Waals surface area contributed by atoms with Crippen LogP contribution in [0.1, 0.15) is 73.4 Å². The van der Waals surface area contributed by atoms with Gasteiger partial charge in [0.25, 0.3) is 0 Å². The molecule has 3 aliphatic heterocycles. The van der Waals surface area contributed by atoms with Crippen molar-refractivity contribution in [2.45, 2.75) is 126 Å². The number of para-hydroxylation sites is 1. The van der Waals surface area contributed by atoms with Crippen molar-refractivity contribution in [3.63, 3.8) is 0 Å². The molecule has 352 valence electrons. The maximum atomic E-state index is 15.8. The number of fused-ring (bicyclic) bond motifs is 5. The quantitative estimate of drug-likeness (QED) is 0.130. The van der Waals surface area contributed by atoms with Gasteiger partial charge in [0, 0.05) is 39.2 Å². The smallest absolute Gasteiger partial charge is 0.327 e. The molecule has 2 amide bonds. The van der Waals surface area contributed by atoms with Crippen LogP contribution in [0.4, 0.5) is 0 Å². The van der Waals surface area contributed by atoms with Crippen molar-refractivity contribution in [2.24, 2.45) is 5.41 Å². The molecular formula is C53H59N3O11. The Hall–Kier alpha value is -5.90. The number of hydrogen-bond acceptors (Lipinski definition) is 12. The van der Waals surface area contributed by atoms with E-state index >= 15 is 4.79 Å². The lowest BCUT2D eigenvalue weighted by Crippen LogP contribution is -2.70. The fraction of sp³-hybridized carbons (Fsp3) is 0.434. The molecule has 3 saturated heterocycles. The van der Waals surface area contributed by atoms with E-state index in [0.717, 1.165) is 33.4 Å². The molecule has 9 rings (SSSR count). The lowest BCUT2D eigenvalue weighted by Gasteiger charge is -2.50. The normalized spacial score (nSPS) is 25.6. The van der Waals surface area contributed by atoms with Gasteiger partial charge in [-0.15, -0.1) is 0 Å². The number of carbonyl (C=O) groups is 4. The van der Waals surface area contributed by atoms with Crippen LogP contribution in [0.3, 0.4) is 0 Å². The van der Waals surface area contributed by atoms with E-state index in [1.807, 2.05) is 103 Å². The first-order chi connectivity index (χ1) is 32.1. The summed E-state index contributed by atoms with van der Waals surface area (Å²) in [5, 5.41) is 25.0. The average molecular weight is 914 g/mol. The summed E-state index contributed by atoms with van der Waals surface area (Å²) in [6, 6.07) is 29.2. The molecule has 3 heterocycles. The highest BCUT2D eigenvalue weighted by Crippen LogP contribution is 2.59. The van der Waals surface area contributed by atoms with Crippen LogP contribution < -0.4 is 5.32 Å². The van der Waals surface area contributed by atoms with E-state index < -0.39 is 89.7 Å². The zero-order valence-electron chi connectivity index (χ0n) is 38.3. The third-order valence-corrected chi connectivity index (χ3v) is 13.7. The lowest BCUT2D eigenvalue weighted by atomic mass is 9.62. The topological polar surface area (TPSA) is 173 Å². The van der Waals surface area contributed by atoms with Gasteiger partial charge in [0.1, 0.15) is 47.2 Å². The van der Waals surface area contributed by atoms with Gasteiger partial charge in [0.2, 0.25) is 11.8 Å². The number of likely N-dealkylation sites (N-methyl/N-ethyl adjacent to an activating group) is 1. The van der Waals surface area contributed by atoms with Gasteiger partial charge in [-0.3, -0.25) is 24.0 Å². The van der Waals surface area contributed by atoms with Gasteiger partial charge in [-0.25, -0.2) is 0 Å². The van der Waals surface area contributed by atoms with Crippen molar-refractivity contribution in [2.75, 3.05) is 13.7 Å². The molecule has 3 N–H and O–H groups in total. The van der Waals surface area contributed by atoms with Crippen molar-refractivity contribution in [1.82, 2.24) is 15.3 Å². The minimum Gasteiger partial charge on any atom is -0.508 e. The monoisotopic (exact) mass is 913 g/mol. The fourth-order valence-corrected chi connectivity index (χ4v) is 10.6. The number of benzene rings is 4. The highest BCUT2D eigenvalue weighted by atomic mass is 16.8. The first-order valence-electron chi connectivity index (χ1n) is 23.2. The number of hydroxylamine groups is 2. The number of nitrogens with zero attached hydrogens (tertiary/aromatic N) is 2. The standard InChI is InChI=1S/C53H59N3O11/c1-51(2,3)64-43(59)26-25-39(32-57)54-48(60)40(27-34-13-6-5-7-14-34)55(4)50(62)53-30-42-44-45(66-52(65-44)28-37-17-8-9-18-38(37)29-52)47(53)67-56(46(53)49(61)63-42)31-35-23-21-33(22-24-35)15-12-19-36-16-10-11-20-41(36)58/h5-18,20-24,39-40,42,44-47,57-58H,19,25-32H2,1-4H3,(H,54,60). The maximum Gasteiger partial charge on any atom is 0.327 e. The number of hydrogen-bond donors (Lipinski definition) is 3. The number of rotatable bonds is 15. The van der Waals surface area contributed by atoms with Crippen LogP contribution in [0.2, 0.25) is 0 Å². The first kappa shape index (κ1) is 46.2. The predicted octanol–water partition coefficient (Wildman–Crippen LogP) is 5.40. The Kier molecular flexibility index (Phi) is 12.9. The number of phenols is 1. The molecule has 4 fully saturated rings. The second-order valence-electron chi connectivity index (χ2n) is 19.5. The number of nitrogens with one attached hydrogen (secondary N) is 1. The Morgan fingerprint density at radius 2 is 1.58 bits per heavy atom. The predicted molar refractivity (Wildman–Crippen MR) is 246 cm³/mol. The van der Waals surface area contributed by atoms with Gasteiger partial charge in [0.15, 0.2) is 11.8 Å². The third kappa shape index (κ3) is 9.38. The lowest BCUT2D eigenvalue weighted by molar-refractivity contribution is -0.218. The number of esters is 2. The van der Waals surface area contributed by atoms with Crippen molar-refractivity contribution >= 4 is 29.8 Å². The van der Waals surface area contributed by atoms with Crippen molar-refractivity contribution in [3.05, 3.63) is 143 Å². The third-order valence-electron chi connectivity index (χ3n) is 13.7. The number of aromatic hydroxyl groups is 1. The minimum absolute atomic E-state index is 0.0414. The second kappa shape index (κ2) is 18.6. The summed E-state index contributed by atoms with van der Waals surface area (Å²) in [5.74, 6) is -2.93. The minimum atomic E-state index is -1.57. The summed E-state index contributed by atoms with van der Waals surface area (Å²) in [7, 11) is 1.57. The van der Waals surface area contributed by atoms with E-state index in [1.54, 1.807) is 45.0 Å². The van der Waals surface area contributed by atoms with Crippen molar-refractivity contribution < 1.29 is 53.2 Å². The van der Waals surface area contributed by atoms with Gasteiger partial charge >= 0.3 is 11.9 Å². The van der Waals surface area contributed by atoms with Gasteiger partial charge in [0.05, 0.1) is 19.2 Å². The zero-order chi connectivity index (χ0) is 47.1. The van der Waals surface area contributed by atoms with Crippen molar-refractivity contribution in [1.29, 1.82) is 0 Å². The molecule has 1 spiro atoms. The van der Waals surface area contributed by atoms with Crippen LogP contribution in [0.15, 0.2) is 109 Å². The zero-order valence-corrected chi connectivity index (χ0v) is 38.3. The van der Waals surface area contributed by atoms with Crippen LogP contribution >= 0.6 is 0 Å². The Morgan fingerprint density at radius 3 is 2.27 bits per heavy atom. The summed E-state index contributed by atoms with van der Waals surface area (Å²) in [4.78, 5) is 65.9. The fourth-order valence-electron chi connectivity index (χ4n) is 10.6. The number of ether oxygens (including phenoxy) is 4. The molecule has 1 saturated carbocycles. The average Bonchev–Trinajstić information content (AvgIpc) is 3.98. The molecule has 4 aromatic carbocycles. The molecule has 67 heavy (non-hydrogen) atoms. The Labute approximate surface area is 390 Å². The van der Waals surface area contributed by atoms with Gasteiger partial charge in [-0.1, -0.05) is 109 Å². The number of aliphatic hydroxyl groups excluding tert-OH is 1. The molecule has 5 aliphatic rings. The molecule has 8 atom stereocenters. The highest BCUT2D eigenvalue weighted by Gasteiger charge is 2.77. The molecule has 14 nitrogen and oxygen atoms in total. The van der Waals surface area contributed by atoms with E-state index in [-0.39, 0.29) is 38.0 Å². The van der Waals surface area contributed by atoms with E-state index in [2.05, 4.69) is 5.32 Å². The van der Waals surface area contributed by atoms with Gasteiger partial charge in [-0.2, -0.15) is 5.06 Å². The number of phenolic OH excluding ortho intramolecular Hbond substituents is 1. The molecule has 0 aromatic heterocycles. The van der Waals surface area contributed by atoms with Gasteiger partial charge in [-0.05, 0) is 73.1 Å². The van der Waals surface area contributed by atoms with E-state index in [0.29, 0.717) is 19.3 Å². The van der Waals surface area contributed by atoms with E-state index in [1.165, 1.54) is 4.90 Å². The largest absolute Gasteiger partial charge is 0.508 e. The summed E-state index contributed by atoms with van der Waals surface area (Å²) in [6.07, 6.45) is 2.33. The first-order valence-corrected chi connectivity index (χ1v) is 23.2. The van der Waals surface area contributed by atoms with Gasteiger partial charge < -0.3 is 39.4 Å². The van der Waals surface area contributed by atoms with Crippen LogP contribution in [-0.2, 0) is 75.2 Å². The molecule has 14 heteroatoms. The summed E-state index contributed by atoms with van der Waals surface area (Å²) < 4.78 is 25.5. The Morgan fingerprint density at radius 1 is 0.910 bits per heavy atom. The van der Waals surface area contributed by atoms with Crippen LogP contribution in [0.25, 0.3) is 6.08 Å². The second-order valence-corrected chi connectivity index (χ2v) is 19.5. The molecule has 8 unspecified atom stereocenters. The van der Waals surface area contributed by atoms with Crippen LogP contribution in [0, 0.1) is 5.41 Å². The number of amides is 2. The highest BCUT2D eigenvalue weighted by molar-refractivity contribution is 5.96. The SMILES string of the molecule is CN(C(=O)C12CC3OC(=O)C1N(Cc1ccc(C=CCc4ccccc4O)cc1)OC2C1OC2(Cc4ccccc4C2)OC31)C(Cc1ccccc1)C(=O)NC(CO)CCC(=O)OC(C)(C)C. The maximum absolute atomic E-state index is 15.8. The molecule has 2 bridgehead atoms. The number of aliphatic hydroxyl groups is 1. The summed E-state index contributed by atoms with van der Waals surface area (Å²) in [6.45, 7) is 4.98. The van der Waals surface area contributed by atoms with Crippen LogP contribution in [0.5, 0.6) is 5.75 Å². The number of carbonyl (C=O) groups excluding carboxylic acids is 4. The number of allylic oxidation sites excluding steroid dienone is 1. The molecule has 0 radical (unpaired) electrons. The van der Waals surface area contributed by atoms with E-state index in [4.69, 9.17) is 23.8 Å². The van der Waals surface area contributed by atoms with Crippen LogP contribution in [-0.4, -0.2) is 112 Å². The molecule has 2 aliphatic carbocycles. The summed E-state index contributed by atoms with van der Waals surface area (Å²) in [5.41, 5.74) is 3.27. The summed E-state index contributed by atoms with van der Waals surface area (Å²) >= 11 is 0. The molecule has 4 aromatic rings. The Bertz CT molecular complexity index is 2480. The molecular weight excluding hydrogens is 855 g/mol. The van der Waals surface area contributed by atoms with E-state index in [9.17, 15) is 24.6 Å². The Balaban J connectivity index is 1.02. The van der Waals surface area contributed by atoms with Crippen molar-refractivity contribution in [3.8, 4) is 5.75 Å².